The second-order valence-corrected chi connectivity index (χ2v) is 9.03. The Morgan fingerprint density at radius 3 is 2.14 bits per heavy atom. The monoisotopic (exact) mass is 403 g/mol. The predicted molar refractivity (Wildman–Crippen MR) is 115 cm³/mol. The van der Waals surface area contributed by atoms with Crippen LogP contribution in [0.15, 0.2) is 17.1 Å². The second-order valence-electron chi connectivity index (χ2n) is 9.03. The molecule has 0 aromatic rings. The van der Waals surface area contributed by atoms with Gasteiger partial charge in [-0.05, 0) is 52.4 Å². The molecular formula is C22H37N5O2. The second kappa shape index (κ2) is 9.28. The van der Waals surface area contributed by atoms with Gasteiger partial charge in [0.2, 0.25) is 11.8 Å². The number of likely N-dealkylation sites (tertiary alicyclic amines) is 1. The minimum Gasteiger partial charge on any atom is -0.356 e. The van der Waals surface area contributed by atoms with Crippen LogP contribution >= 0.6 is 0 Å². The summed E-state index contributed by atoms with van der Waals surface area (Å²) in [5.41, 5.74) is 0. The zero-order valence-electron chi connectivity index (χ0n) is 18.5. The summed E-state index contributed by atoms with van der Waals surface area (Å²) in [4.78, 5) is 33.6. The first-order valence-electron chi connectivity index (χ1n) is 11.1. The van der Waals surface area contributed by atoms with Gasteiger partial charge < -0.3 is 10.6 Å². The lowest BCUT2D eigenvalue weighted by Crippen LogP contribution is -2.45. The first-order valence-corrected chi connectivity index (χ1v) is 11.1. The van der Waals surface area contributed by atoms with Gasteiger partial charge in [0.15, 0.2) is 5.96 Å². The fourth-order valence-electron chi connectivity index (χ4n) is 5.27. The molecule has 2 bridgehead atoms. The normalized spacial score (nSPS) is 28.4. The van der Waals surface area contributed by atoms with Crippen molar-refractivity contribution < 1.29 is 9.59 Å². The summed E-state index contributed by atoms with van der Waals surface area (Å²) in [6.45, 7) is 11.8. The highest BCUT2D eigenvalue weighted by molar-refractivity contribution is 6.06. The molecule has 162 valence electrons. The number of rotatable bonds is 9. The number of nitrogens with zero attached hydrogens (tertiary/aromatic N) is 3. The lowest BCUT2D eigenvalue weighted by molar-refractivity contribution is -0.140. The number of allylic oxidation sites excluding steroid dienone is 2. The van der Waals surface area contributed by atoms with Gasteiger partial charge in [-0.3, -0.25) is 24.4 Å². The van der Waals surface area contributed by atoms with E-state index in [0.29, 0.717) is 25.2 Å². The van der Waals surface area contributed by atoms with E-state index in [-0.39, 0.29) is 35.5 Å². The van der Waals surface area contributed by atoms with Gasteiger partial charge in [0.1, 0.15) is 0 Å². The van der Waals surface area contributed by atoms with E-state index in [9.17, 15) is 9.59 Å². The standard InChI is InChI=1S/C22H37N5O2/c1-14(2)26(15(3)4)12-10-25-22(23-5)24-9-6-11-27-20(28)18-16-7-8-17(13-16)19(18)21(27)29/h7-8,14-19H,6,9-13H2,1-5H3,(H2,23,24,25). The quantitative estimate of drug-likeness (QED) is 0.200. The SMILES string of the molecule is CN=C(NCCCN1C(=O)C2C3C=CC(C3)C2C1=O)NCCN(C(C)C)C(C)C. The lowest BCUT2D eigenvalue weighted by atomic mass is 9.85. The fourth-order valence-corrected chi connectivity index (χ4v) is 5.27. The third kappa shape index (κ3) is 4.49. The molecule has 3 aliphatic rings. The Labute approximate surface area is 175 Å². The van der Waals surface area contributed by atoms with Gasteiger partial charge in [0.05, 0.1) is 11.8 Å². The summed E-state index contributed by atoms with van der Waals surface area (Å²) in [5.74, 6) is 1.22. The summed E-state index contributed by atoms with van der Waals surface area (Å²) in [5, 5.41) is 6.64. The van der Waals surface area contributed by atoms with Gasteiger partial charge >= 0.3 is 0 Å². The summed E-state index contributed by atoms with van der Waals surface area (Å²) >= 11 is 0. The molecule has 7 heteroatoms. The predicted octanol–water partition coefficient (Wildman–Crippen LogP) is 1.47. The smallest absolute Gasteiger partial charge is 0.233 e. The van der Waals surface area contributed by atoms with Crippen molar-refractivity contribution in [3.63, 3.8) is 0 Å². The van der Waals surface area contributed by atoms with Crippen LogP contribution in [-0.4, -0.2) is 72.9 Å². The van der Waals surface area contributed by atoms with Crippen molar-refractivity contribution in [1.82, 2.24) is 20.4 Å². The van der Waals surface area contributed by atoms with Crippen molar-refractivity contribution in [3.05, 3.63) is 12.2 Å². The zero-order valence-corrected chi connectivity index (χ0v) is 18.5. The van der Waals surface area contributed by atoms with Gasteiger partial charge in [0.25, 0.3) is 0 Å². The maximum Gasteiger partial charge on any atom is 0.233 e. The van der Waals surface area contributed by atoms with Crippen molar-refractivity contribution in [2.75, 3.05) is 33.2 Å². The molecular weight excluding hydrogens is 366 g/mol. The number of aliphatic imine (C=N–C) groups is 1. The van der Waals surface area contributed by atoms with Gasteiger partial charge in [0, 0.05) is 45.3 Å². The van der Waals surface area contributed by atoms with E-state index >= 15 is 0 Å². The van der Waals surface area contributed by atoms with Gasteiger partial charge in [-0.1, -0.05) is 12.2 Å². The summed E-state index contributed by atoms with van der Waals surface area (Å²) < 4.78 is 0. The highest BCUT2D eigenvalue weighted by Crippen LogP contribution is 2.52. The van der Waals surface area contributed by atoms with Gasteiger partial charge in [-0.25, -0.2) is 0 Å². The molecule has 7 nitrogen and oxygen atoms in total. The average Bonchev–Trinajstić information content (AvgIpc) is 3.35. The summed E-state index contributed by atoms with van der Waals surface area (Å²) in [6, 6.07) is 1.01. The Hall–Kier alpha value is -1.89. The first kappa shape index (κ1) is 21.8. The molecule has 2 fully saturated rings. The Balaban J connectivity index is 1.38. The van der Waals surface area contributed by atoms with Crippen molar-refractivity contribution in [2.45, 2.75) is 52.6 Å². The lowest BCUT2D eigenvalue weighted by Gasteiger charge is -2.30. The molecule has 0 spiro atoms. The van der Waals surface area contributed by atoms with Crippen LogP contribution in [0, 0.1) is 23.7 Å². The van der Waals surface area contributed by atoms with E-state index in [1.165, 1.54) is 4.90 Å². The third-order valence-electron chi connectivity index (χ3n) is 6.63. The molecule has 0 radical (unpaired) electrons. The minimum atomic E-state index is -0.0928. The molecule has 2 aliphatic carbocycles. The van der Waals surface area contributed by atoms with Crippen LogP contribution in [0.25, 0.3) is 0 Å². The number of carbonyl (C=O) groups is 2. The molecule has 0 aromatic carbocycles. The van der Waals surface area contributed by atoms with Crippen LogP contribution < -0.4 is 10.6 Å². The van der Waals surface area contributed by atoms with Crippen molar-refractivity contribution in [2.24, 2.45) is 28.7 Å². The van der Waals surface area contributed by atoms with Crippen LogP contribution in [0.5, 0.6) is 0 Å². The summed E-state index contributed by atoms with van der Waals surface area (Å²) in [7, 11) is 1.76. The zero-order chi connectivity index (χ0) is 21.1. The van der Waals surface area contributed by atoms with Crippen molar-refractivity contribution in [3.8, 4) is 0 Å². The number of hydrogen-bond donors (Lipinski definition) is 2. The summed E-state index contributed by atoms with van der Waals surface area (Å²) in [6.07, 6.45) is 5.98. The topological polar surface area (TPSA) is 77.0 Å². The number of amides is 2. The first-order chi connectivity index (χ1) is 13.8. The van der Waals surface area contributed by atoms with E-state index in [1.54, 1.807) is 7.05 Å². The number of hydrogen-bond acceptors (Lipinski definition) is 4. The molecule has 1 heterocycles. The van der Waals surface area contributed by atoms with Gasteiger partial charge in [-0.2, -0.15) is 0 Å². The van der Waals surface area contributed by atoms with Crippen LogP contribution in [0.3, 0.4) is 0 Å². The largest absolute Gasteiger partial charge is 0.356 e. The van der Waals surface area contributed by atoms with Crippen LogP contribution in [0.4, 0.5) is 0 Å². The van der Waals surface area contributed by atoms with E-state index in [2.05, 4.69) is 60.4 Å². The Morgan fingerprint density at radius 2 is 1.62 bits per heavy atom. The van der Waals surface area contributed by atoms with Crippen LogP contribution in [0.2, 0.25) is 0 Å². The van der Waals surface area contributed by atoms with E-state index < -0.39 is 0 Å². The highest BCUT2D eigenvalue weighted by atomic mass is 16.2. The molecule has 4 unspecified atom stereocenters. The molecule has 0 aromatic heterocycles. The van der Waals surface area contributed by atoms with Gasteiger partial charge in [-0.15, -0.1) is 0 Å². The van der Waals surface area contributed by atoms with E-state index in [4.69, 9.17) is 0 Å². The minimum absolute atomic E-state index is 0.0434. The van der Waals surface area contributed by atoms with Crippen molar-refractivity contribution >= 4 is 17.8 Å². The van der Waals surface area contributed by atoms with E-state index in [0.717, 1.165) is 31.9 Å². The molecule has 1 saturated carbocycles. The average molecular weight is 404 g/mol. The number of fused-ring (bicyclic) bond motifs is 5. The number of imide groups is 1. The molecule has 1 aliphatic heterocycles. The van der Waals surface area contributed by atoms with E-state index in [1.807, 2.05) is 0 Å². The highest BCUT2D eigenvalue weighted by Gasteiger charge is 2.58. The molecule has 1 saturated heterocycles. The number of guanidine groups is 1. The number of carbonyl (C=O) groups excluding carboxylic acids is 2. The maximum atomic E-state index is 12.7. The molecule has 2 N–H and O–H groups in total. The maximum absolute atomic E-state index is 12.7. The molecule has 29 heavy (non-hydrogen) atoms. The Bertz CT molecular complexity index is 634. The van der Waals surface area contributed by atoms with Crippen LogP contribution in [0.1, 0.15) is 40.5 Å². The van der Waals surface area contributed by atoms with Crippen LogP contribution in [-0.2, 0) is 9.59 Å². The Kier molecular flexibility index (Phi) is 6.98. The molecule has 3 rings (SSSR count). The molecule has 4 atom stereocenters. The third-order valence-corrected chi connectivity index (χ3v) is 6.63. The molecule has 2 amide bonds. The van der Waals surface area contributed by atoms with Crippen molar-refractivity contribution in [1.29, 1.82) is 0 Å². The number of nitrogens with one attached hydrogen (secondary N) is 2. The fraction of sp³-hybridized carbons (Fsp3) is 0.773. The Morgan fingerprint density at radius 1 is 1.07 bits per heavy atom.